The van der Waals surface area contributed by atoms with Crippen molar-refractivity contribution in [3.63, 3.8) is 0 Å². The highest BCUT2D eigenvalue weighted by atomic mass is 16.5. The monoisotopic (exact) mass is 221 g/mol. The summed E-state index contributed by atoms with van der Waals surface area (Å²) in [6.07, 6.45) is 1.50. The second kappa shape index (κ2) is 3.59. The van der Waals surface area contributed by atoms with Crippen LogP contribution in [0.15, 0.2) is 18.3 Å². The van der Waals surface area contributed by atoms with Gasteiger partial charge in [0.15, 0.2) is 0 Å². The van der Waals surface area contributed by atoms with Gasteiger partial charge < -0.3 is 9.84 Å². The number of aromatic nitrogens is 1. The van der Waals surface area contributed by atoms with E-state index in [9.17, 15) is 14.7 Å². The summed E-state index contributed by atoms with van der Waals surface area (Å²) in [5.74, 6) is -0.670. The van der Waals surface area contributed by atoms with Crippen LogP contribution in [0.25, 0.3) is 0 Å². The van der Waals surface area contributed by atoms with Gasteiger partial charge in [-0.1, -0.05) is 0 Å². The van der Waals surface area contributed by atoms with Crippen molar-refractivity contribution in [2.75, 3.05) is 7.11 Å². The van der Waals surface area contributed by atoms with Crippen LogP contribution in [0.5, 0.6) is 5.75 Å². The zero-order valence-corrected chi connectivity index (χ0v) is 8.77. The summed E-state index contributed by atoms with van der Waals surface area (Å²) in [5, 5.41) is 9.23. The highest BCUT2D eigenvalue weighted by molar-refractivity contribution is 6.01. The number of methoxy groups -OCH3 is 1. The lowest BCUT2D eigenvalue weighted by atomic mass is 9.65. The van der Waals surface area contributed by atoms with Crippen molar-refractivity contribution in [2.24, 2.45) is 0 Å². The average Bonchev–Trinajstić information content (AvgIpc) is 2.24. The summed E-state index contributed by atoms with van der Waals surface area (Å²) in [6.45, 7) is 0. The second-order valence-electron chi connectivity index (χ2n) is 3.83. The van der Waals surface area contributed by atoms with Gasteiger partial charge in [-0.3, -0.25) is 14.6 Å². The topological polar surface area (TPSA) is 76.5 Å². The van der Waals surface area contributed by atoms with E-state index in [1.54, 1.807) is 12.1 Å². The maximum absolute atomic E-state index is 11.3. The smallest absolute Gasteiger partial charge is 0.316 e. The molecule has 0 bridgehead atoms. The van der Waals surface area contributed by atoms with E-state index in [4.69, 9.17) is 4.74 Å². The maximum Gasteiger partial charge on any atom is 0.316 e. The van der Waals surface area contributed by atoms with Crippen molar-refractivity contribution >= 4 is 11.8 Å². The Morgan fingerprint density at radius 2 is 2.25 bits per heavy atom. The van der Waals surface area contributed by atoms with Gasteiger partial charge in [0.25, 0.3) is 0 Å². The van der Waals surface area contributed by atoms with E-state index < -0.39 is 11.4 Å². The van der Waals surface area contributed by atoms with Crippen LogP contribution < -0.4 is 4.74 Å². The zero-order valence-electron chi connectivity index (χ0n) is 8.77. The molecular formula is C11H11NO4. The normalized spacial score (nSPS) is 17.7. The maximum atomic E-state index is 11.3. The molecule has 0 radical (unpaired) electrons. The van der Waals surface area contributed by atoms with Crippen molar-refractivity contribution in [2.45, 2.75) is 18.3 Å². The molecule has 5 nitrogen and oxygen atoms in total. The summed E-state index contributed by atoms with van der Waals surface area (Å²) >= 11 is 0. The largest absolute Gasteiger partial charge is 0.495 e. The highest BCUT2D eigenvalue weighted by Crippen LogP contribution is 2.44. The summed E-state index contributed by atoms with van der Waals surface area (Å²) in [5.41, 5.74) is -0.853. The number of rotatable bonds is 3. The molecule has 0 amide bonds. The van der Waals surface area contributed by atoms with Gasteiger partial charge in [-0.2, -0.15) is 0 Å². The first kappa shape index (κ1) is 10.6. The molecular weight excluding hydrogens is 210 g/mol. The fraction of sp³-hybridized carbons (Fsp3) is 0.364. The van der Waals surface area contributed by atoms with Gasteiger partial charge in [-0.05, 0) is 12.1 Å². The number of ether oxygens (including phenoxy) is 1. The molecule has 2 rings (SSSR count). The number of hydrogen-bond donors (Lipinski definition) is 1. The van der Waals surface area contributed by atoms with Crippen molar-refractivity contribution in [3.05, 3.63) is 24.0 Å². The van der Waals surface area contributed by atoms with Gasteiger partial charge in [-0.25, -0.2) is 0 Å². The molecule has 1 saturated carbocycles. The third-order valence-electron chi connectivity index (χ3n) is 2.85. The first-order chi connectivity index (χ1) is 7.60. The Morgan fingerprint density at radius 1 is 1.56 bits per heavy atom. The molecule has 0 atom stereocenters. The van der Waals surface area contributed by atoms with E-state index in [2.05, 4.69) is 4.98 Å². The molecule has 0 aromatic carbocycles. The second-order valence-corrected chi connectivity index (χ2v) is 3.83. The molecule has 0 unspecified atom stereocenters. The molecule has 1 aromatic rings. The van der Waals surface area contributed by atoms with Gasteiger partial charge in [0.1, 0.15) is 22.6 Å². The van der Waals surface area contributed by atoms with Crippen LogP contribution >= 0.6 is 0 Å². The van der Waals surface area contributed by atoms with E-state index in [0.717, 1.165) is 0 Å². The average molecular weight is 221 g/mol. The van der Waals surface area contributed by atoms with Crippen LogP contribution in [0.2, 0.25) is 0 Å². The number of Topliss-reactive ketones (excluding diaryl/α,β-unsaturated/α-hetero) is 1. The molecule has 1 N–H and O–H groups in total. The Balaban J connectivity index is 2.48. The summed E-state index contributed by atoms with van der Waals surface area (Å²) in [7, 11) is 1.45. The zero-order chi connectivity index (χ0) is 11.8. The third-order valence-corrected chi connectivity index (χ3v) is 2.85. The van der Waals surface area contributed by atoms with Gasteiger partial charge in [0.2, 0.25) is 0 Å². The Kier molecular flexibility index (Phi) is 2.38. The Bertz CT molecular complexity index is 447. The minimum absolute atomic E-state index is 0.00426. The fourth-order valence-electron chi connectivity index (χ4n) is 1.96. The lowest BCUT2D eigenvalue weighted by Gasteiger charge is -2.36. The van der Waals surface area contributed by atoms with Crippen molar-refractivity contribution in [3.8, 4) is 5.75 Å². The van der Waals surface area contributed by atoms with Crippen molar-refractivity contribution in [1.29, 1.82) is 0 Å². The first-order valence-corrected chi connectivity index (χ1v) is 4.85. The molecule has 0 spiro atoms. The number of hydrogen-bond acceptors (Lipinski definition) is 4. The fourth-order valence-corrected chi connectivity index (χ4v) is 1.96. The van der Waals surface area contributed by atoms with E-state index in [0.29, 0.717) is 11.4 Å². The summed E-state index contributed by atoms with van der Waals surface area (Å²) < 4.78 is 5.08. The predicted molar refractivity (Wildman–Crippen MR) is 54.3 cm³/mol. The van der Waals surface area contributed by atoms with Crippen LogP contribution in [0.1, 0.15) is 18.5 Å². The number of pyridine rings is 1. The minimum Gasteiger partial charge on any atom is -0.495 e. The van der Waals surface area contributed by atoms with E-state index >= 15 is 0 Å². The molecule has 16 heavy (non-hydrogen) atoms. The number of nitrogens with zero attached hydrogens (tertiary/aromatic N) is 1. The SMILES string of the molecule is COc1cccnc1C1(C(=O)O)CC(=O)C1. The number of carboxylic acid groups (broad SMARTS) is 1. The van der Waals surface area contributed by atoms with Gasteiger partial charge in [0, 0.05) is 19.0 Å². The van der Waals surface area contributed by atoms with Crippen LogP contribution in [0.3, 0.4) is 0 Å². The lowest BCUT2D eigenvalue weighted by Crippen LogP contribution is -2.49. The number of ketones is 1. The minimum atomic E-state index is -1.19. The number of aliphatic carboxylic acids is 1. The number of carbonyl (C=O) groups excluding carboxylic acids is 1. The summed E-state index contributed by atoms with van der Waals surface area (Å²) in [6, 6.07) is 3.31. The van der Waals surface area contributed by atoms with E-state index in [-0.39, 0.29) is 18.6 Å². The van der Waals surface area contributed by atoms with Gasteiger partial charge in [0.05, 0.1) is 7.11 Å². The van der Waals surface area contributed by atoms with Gasteiger partial charge >= 0.3 is 5.97 Å². The third kappa shape index (κ3) is 1.36. The Hall–Kier alpha value is -1.91. The molecule has 0 aliphatic heterocycles. The summed E-state index contributed by atoms with van der Waals surface area (Å²) in [4.78, 5) is 26.4. The van der Waals surface area contributed by atoms with Crippen LogP contribution in [-0.4, -0.2) is 29.0 Å². The highest BCUT2D eigenvalue weighted by Gasteiger charge is 2.54. The van der Waals surface area contributed by atoms with Crippen molar-refractivity contribution in [1.82, 2.24) is 4.98 Å². The Labute approximate surface area is 92.1 Å². The quantitative estimate of drug-likeness (QED) is 0.816. The van der Waals surface area contributed by atoms with Crippen molar-refractivity contribution < 1.29 is 19.4 Å². The van der Waals surface area contributed by atoms with Crippen LogP contribution in [-0.2, 0) is 15.0 Å². The molecule has 1 fully saturated rings. The molecule has 1 aromatic heterocycles. The number of carboxylic acids is 1. The standard InChI is InChI=1S/C11H11NO4/c1-16-8-3-2-4-12-9(8)11(10(14)15)5-7(13)6-11/h2-4H,5-6H2,1H3,(H,14,15). The molecule has 1 aliphatic carbocycles. The molecule has 84 valence electrons. The molecule has 5 heteroatoms. The van der Waals surface area contributed by atoms with Crippen LogP contribution in [0.4, 0.5) is 0 Å². The van der Waals surface area contributed by atoms with Crippen LogP contribution in [0, 0.1) is 0 Å². The van der Waals surface area contributed by atoms with Gasteiger partial charge in [-0.15, -0.1) is 0 Å². The first-order valence-electron chi connectivity index (χ1n) is 4.85. The molecule has 0 saturated heterocycles. The van der Waals surface area contributed by atoms with E-state index in [1.807, 2.05) is 0 Å². The van der Waals surface area contributed by atoms with E-state index in [1.165, 1.54) is 13.3 Å². The molecule has 1 heterocycles. The Morgan fingerprint density at radius 3 is 2.75 bits per heavy atom. The number of carbonyl (C=O) groups is 2. The lowest BCUT2D eigenvalue weighted by molar-refractivity contribution is -0.153. The predicted octanol–water partition coefficient (Wildman–Crippen LogP) is 0.775. The molecule has 1 aliphatic rings.